The number of esters is 1. The Balaban J connectivity index is 1.55. The summed E-state index contributed by atoms with van der Waals surface area (Å²) in [6.45, 7) is 0.614. The largest absolute Gasteiger partial charge is 0.454 e. The molecule has 168 valence electrons. The monoisotopic (exact) mass is 497 g/mol. The molecule has 0 spiro atoms. The first-order valence-corrected chi connectivity index (χ1v) is 11.7. The number of carbonyl (C=O) groups excluding carboxylic acids is 1. The number of carbonyl (C=O) groups is 1. The molecule has 0 amide bonds. The van der Waals surface area contributed by atoms with Gasteiger partial charge in [0, 0.05) is 18.1 Å². The van der Waals surface area contributed by atoms with Gasteiger partial charge in [-0.05, 0) is 36.4 Å². The Labute approximate surface area is 192 Å². The van der Waals surface area contributed by atoms with Crippen molar-refractivity contribution in [3.05, 3.63) is 68.2 Å². The number of benzene rings is 2. The second kappa shape index (κ2) is 9.16. The Bertz CT molecular complexity index is 1350. The Morgan fingerprint density at radius 2 is 1.91 bits per heavy atom. The average Bonchev–Trinajstić information content (AvgIpc) is 2.78. The first kappa shape index (κ1) is 22.7. The van der Waals surface area contributed by atoms with E-state index in [1.807, 2.05) is 0 Å². The lowest BCUT2D eigenvalue weighted by atomic mass is 10.2. The van der Waals surface area contributed by atoms with E-state index >= 15 is 0 Å². The third kappa shape index (κ3) is 4.64. The fourth-order valence-corrected chi connectivity index (χ4v) is 5.28. The van der Waals surface area contributed by atoms with Crippen molar-refractivity contribution in [2.24, 2.45) is 0 Å². The molecule has 4 rings (SSSR count). The number of rotatable bonds is 5. The summed E-state index contributed by atoms with van der Waals surface area (Å²) >= 11 is 12.1. The number of aromatic nitrogens is 2. The van der Waals surface area contributed by atoms with E-state index in [2.05, 4.69) is 9.97 Å². The normalized spacial score (nSPS) is 15.1. The Morgan fingerprint density at radius 1 is 1.16 bits per heavy atom. The Morgan fingerprint density at radius 3 is 2.66 bits per heavy atom. The van der Waals surface area contributed by atoms with Crippen LogP contribution in [-0.4, -0.2) is 55.0 Å². The number of sulfonamides is 1. The lowest BCUT2D eigenvalue weighted by Crippen LogP contribution is -2.40. The molecule has 1 saturated heterocycles. The molecule has 2 aromatic carbocycles. The van der Waals surface area contributed by atoms with Crippen LogP contribution in [0.4, 0.5) is 0 Å². The summed E-state index contributed by atoms with van der Waals surface area (Å²) < 4.78 is 37.5. The molecular weight excluding hydrogens is 481 g/mol. The fraction of sp³-hybridized carbons (Fsp3) is 0.250. The predicted octanol–water partition coefficient (Wildman–Crippen LogP) is 2.61. The van der Waals surface area contributed by atoms with Crippen molar-refractivity contribution in [1.82, 2.24) is 14.3 Å². The van der Waals surface area contributed by atoms with Crippen molar-refractivity contribution in [2.45, 2.75) is 11.5 Å². The molecule has 1 aliphatic rings. The molecule has 1 N–H and O–H groups in total. The zero-order chi connectivity index (χ0) is 22.9. The molecular formula is C20H17Cl2N3O6S. The number of fused-ring (bicyclic) bond motifs is 1. The second-order valence-electron chi connectivity index (χ2n) is 6.91. The molecule has 0 bridgehead atoms. The van der Waals surface area contributed by atoms with Gasteiger partial charge in [-0.25, -0.2) is 18.2 Å². The number of hydrogen-bond donors (Lipinski definition) is 1. The first-order chi connectivity index (χ1) is 15.3. The van der Waals surface area contributed by atoms with E-state index in [0.29, 0.717) is 15.9 Å². The van der Waals surface area contributed by atoms with E-state index in [-0.39, 0.29) is 54.2 Å². The summed E-state index contributed by atoms with van der Waals surface area (Å²) in [5.74, 6) is -0.679. The van der Waals surface area contributed by atoms with Crippen molar-refractivity contribution in [2.75, 3.05) is 26.3 Å². The molecule has 0 saturated carbocycles. The molecule has 2 heterocycles. The summed E-state index contributed by atoms with van der Waals surface area (Å²) in [4.78, 5) is 31.3. The van der Waals surface area contributed by atoms with Crippen LogP contribution in [0.5, 0.6) is 0 Å². The topological polar surface area (TPSA) is 119 Å². The molecule has 0 atom stereocenters. The number of nitrogens with one attached hydrogen (secondary N) is 1. The van der Waals surface area contributed by atoms with E-state index in [1.165, 1.54) is 28.6 Å². The van der Waals surface area contributed by atoms with Gasteiger partial charge in [0.25, 0.3) is 5.56 Å². The molecule has 1 aromatic heterocycles. The van der Waals surface area contributed by atoms with Crippen LogP contribution in [0.15, 0.2) is 46.1 Å². The molecule has 0 aliphatic carbocycles. The van der Waals surface area contributed by atoms with Gasteiger partial charge in [0.2, 0.25) is 10.0 Å². The van der Waals surface area contributed by atoms with Crippen molar-refractivity contribution >= 4 is 50.1 Å². The van der Waals surface area contributed by atoms with Gasteiger partial charge in [-0.3, -0.25) is 4.79 Å². The van der Waals surface area contributed by atoms with Crippen LogP contribution in [0.3, 0.4) is 0 Å². The average molecular weight is 498 g/mol. The summed E-state index contributed by atoms with van der Waals surface area (Å²) in [5, 5.41) is 0.749. The van der Waals surface area contributed by atoms with Crippen LogP contribution in [0.1, 0.15) is 16.2 Å². The van der Waals surface area contributed by atoms with Gasteiger partial charge in [-0.15, -0.1) is 0 Å². The standard InChI is InChI=1S/C20H17Cl2N3O6S/c21-13-2-3-14-16(10-13)23-18(24-19(14)26)11-31-20(27)12-1-4-15(22)17(9-12)32(28,29)25-5-7-30-8-6-25/h1-4,9-10H,5-8,11H2,(H,23,24,26). The van der Waals surface area contributed by atoms with E-state index in [9.17, 15) is 18.0 Å². The highest BCUT2D eigenvalue weighted by molar-refractivity contribution is 7.89. The minimum atomic E-state index is -3.91. The zero-order valence-electron chi connectivity index (χ0n) is 16.5. The van der Waals surface area contributed by atoms with Crippen LogP contribution in [0, 0.1) is 0 Å². The Hall–Kier alpha value is -2.50. The molecule has 0 unspecified atom stereocenters. The van der Waals surface area contributed by atoms with E-state index < -0.39 is 21.6 Å². The SMILES string of the molecule is O=C(OCc1nc2cc(Cl)ccc2c(=O)[nH]1)c1ccc(Cl)c(S(=O)(=O)N2CCOCC2)c1. The van der Waals surface area contributed by atoms with Gasteiger partial charge in [0.05, 0.1) is 34.7 Å². The molecule has 1 fully saturated rings. The Kier molecular flexibility index (Phi) is 6.50. The number of H-pyrrole nitrogens is 1. The summed E-state index contributed by atoms with van der Waals surface area (Å²) in [5.41, 5.74) is -0.0480. The number of halogens is 2. The smallest absolute Gasteiger partial charge is 0.338 e. The van der Waals surface area contributed by atoms with Crippen molar-refractivity contribution in [3.8, 4) is 0 Å². The minimum absolute atomic E-state index is 0.00702. The molecule has 32 heavy (non-hydrogen) atoms. The number of ether oxygens (including phenoxy) is 2. The maximum Gasteiger partial charge on any atom is 0.338 e. The molecule has 3 aromatic rings. The maximum atomic E-state index is 12.9. The lowest BCUT2D eigenvalue weighted by Gasteiger charge is -2.26. The fourth-order valence-electron chi connectivity index (χ4n) is 3.20. The van der Waals surface area contributed by atoms with Gasteiger partial charge in [-0.1, -0.05) is 23.2 Å². The van der Waals surface area contributed by atoms with Crippen LogP contribution < -0.4 is 5.56 Å². The van der Waals surface area contributed by atoms with Crippen LogP contribution >= 0.6 is 23.2 Å². The third-order valence-corrected chi connectivity index (χ3v) is 7.43. The molecule has 1 aliphatic heterocycles. The number of aromatic amines is 1. The second-order valence-corrected chi connectivity index (χ2v) is 9.66. The minimum Gasteiger partial charge on any atom is -0.454 e. The van der Waals surface area contributed by atoms with Gasteiger partial charge in [0.15, 0.2) is 0 Å². The molecule has 0 radical (unpaired) electrons. The van der Waals surface area contributed by atoms with Gasteiger partial charge in [-0.2, -0.15) is 4.31 Å². The first-order valence-electron chi connectivity index (χ1n) is 9.49. The van der Waals surface area contributed by atoms with Crippen LogP contribution in [0.25, 0.3) is 10.9 Å². The molecule has 9 nitrogen and oxygen atoms in total. The van der Waals surface area contributed by atoms with Gasteiger partial charge >= 0.3 is 5.97 Å². The number of morpholine rings is 1. The third-order valence-electron chi connectivity index (χ3n) is 4.81. The number of hydrogen-bond acceptors (Lipinski definition) is 7. The molecule has 12 heteroatoms. The number of nitrogens with zero attached hydrogens (tertiary/aromatic N) is 2. The van der Waals surface area contributed by atoms with E-state index in [1.54, 1.807) is 12.1 Å². The predicted molar refractivity (Wildman–Crippen MR) is 118 cm³/mol. The summed E-state index contributed by atoms with van der Waals surface area (Å²) in [6, 6.07) is 8.50. The van der Waals surface area contributed by atoms with E-state index in [0.717, 1.165) is 0 Å². The lowest BCUT2D eigenvalue weighted by molar-refractivity contribution is 0.0462. The van der Waals surface area contributed by atoms with E-state index in [4.69, 9.17) is 32.7 Å². The van der Waals surface area contributed by atoms with Gasteiger partial charge < -0.3 is 14.5 Å². The van der Waals surface area contributed by atoms with Crippen LogP contribution in [0.2, 0.25) is 10.0 Å². The highest BCUT2D eigenvalue weighted by Crippen LogP contribution is 2.27. The van der Waals surface area contributed by atoms with Crippen LogP contribution in [-0.2, 0) is 26.1 Å². The van der Waals surface area contributed by atoms with Crippen molar-refractivity contribution in [1.29, 1.82) is 0 Å². The maximum absolute atomic E-state index is 12.9. The highest BCUT2D eigenvalue weighted by Gasteiger charge is 2.29. The summed E-state index contributed by atoms with van der Waals surface area (Å²) in [7, 11) is -3.91. The highest BCUT2D eigenvalue weighted by atomic mass is 35.5. The van der Waals surface area contributed by atoms with Crippen molar-refractivity contribution < 1.29 is 22.7 Å². The quantitative estimate of drug-likeness (QED) is 0.538. The zero-order valence-corrected chi connectivity index (χ0v) is 18.8. The van der Waals surface area contributed by atoms with Gasteiger partial charge in [0.1, 0.15) is 17.3 Å². The summed E-state index contributed by atoms with van der Waals surface area (Å²) in [6.07, 6.45) is 0. The van der Waals surface area contributed by atoms with Crippen molar-refractivity contribution in [3.63, 3.8) is 0 Å².